The highest BCUT2D eigenvalue weighted by atomic mass is 79.9. The van der Waals surface area contributed by atoms with E-state index in [0.29, 0.717) is 20.7 Å². The molecular formula is C26H15BrClNO5. The molecular weight excluding hydrogens is 522 g/mol. The van der Waals surface area contributed by atoms with E-state index in [1.165, 1.54) is 0 Å². The molecule has 1 aliphatic carbocycles. The first-order valence-corrected chi connectivity index (χ1v) is 11.8. The van der Waals surface area contributed by atoms with Gasteiger partial charge in [-0.15, -0.1) is 0 Å². The van der Waals surface area contributed by atoms with E-state index in [1.807, 2.05) is 0 Å². The number of para-hydroxylation sites is 1. The van der Waals surface area contributed by atoms with Gasteiger partial charge in [0, 0.05) is 20.6 Å². The minimum Gasteiger partial charge on any atom is -0.349 e. The first kappa shape index (κ1) is 21.4. The Bertz CT molecular complexity index is 1380. The third-order valence-corrected chi connectivity index (χ3v) is 7.73. The summed E-state index contributed by atoms with van der Waals surface area (Å²) in [7, 11) is 0. The first-order chi connectivity index (χ1) is 16.4. The van der Waals surface area contributed by atoms with E-state index in [1.54, 1.807) is 72.8 Å². The van der Waals surface area contributed by atoms with Gasteiger partial charge in [0.15, 0.2) is 0 Å². The molecule has 3 aliphatic rings. The van der Waals surface area contributed by atoms with Crippen LogP contribution in [0.3, 0.4) is 0 Å². The molecule has 0 aromatic heterocycles. The summed E-state index contributed by atoms with van der Waals surface area (Å²) in [5.41, 5.74) is -0.790. The lowest BCUT2D eigenvalue weighted by Gasteiger charge is -2.27. The largest absolute Gasteiger partial charge is 0.349 e. The number of hydrogen-bond acceptors (Lipinski definition) is 5. The highest BCUT2D eigenvalue weighted by molar-refractivity contribution is 9.10. The van der Waals surface area contributed by atoms with Crippen LogP contribution in [0.25, 0.3) is 0 Å². The topological polar surface area (TPSA) is 80.8 Å². The average molecular weight is 537 g/mol. The molecule has 8 heteroatoms. The number of nitrogens with zero attached hydrogens (tertiary/aromatic N) is 1. The van der Waals surface area contributed by atoms with Crippen molar-refractivity contribution in [1.29, 1.82) is 0 Å². The van der Waals surface area contributed by atoms with Gasteiger partial charge in [0.05, 0.1) is 23.6 Å². The molecule has 3 aromatic carbocycles. The summed E-state index contributed by atoms with van der Waals surface area (Å²) in [6, 6.07) is 19.9. The Kier molecular flexibility index (Phi) is 4.68. The van der Waals surface area contributed by atoms with Crippen molar-refractivity contribution in [2.24, 2.45) is 11.8 Å². The number of halogens is 2. The zero-order valence-electron chi connectivity index (χ0n) is 17.4. The second kappa shape index (κ2) is 7.43. The van der Waals surface area contributed by atoms with Gasteiger partial charge < -0.3 is 4.74 Å². The van der Waals surface area contributed by atoms with E-state index in [9.17, 15) is 19.2 Å². The van der Waals surface area contributed by atoms with Gasteiger partial charge in [-0.25, -0.2) is 4.90 Å². The van der Waals surface area contributed by atoms with Crippen molar-refractivity contribution in [2.75, 3.05) is 4.90 Å². The number of ketones is 2. The second-order valence-electron chi connectivity index (χ2n) is 8.50. The smallest absolute Gasteiger partial charge is 0.241 e. The quantitative estimate of drug-likeness (QED) is 0.347. The van der Waals surface area contributed by atoms with Crippen LogP contribution in [0.5, 0.6) is 0 Å². The van der Waals surface area contributed by atoms with Crippen molar-refractivity contribution in [3.8, 4) is 0 Å². The highest BCUT2D eigenvalue weighted by Crippen LogP contribution is 2.58. The normalized spacial score (nSPS) is 24.8. The number of fused-ring (bicyclic) bond motifs is 3. The maximum atomic E-state index is 13.9. The number of benzene rings is 3. The van der Waals surface area contributed by atoms with Gasteiger partial charge in [-0.2, -0.15) is 0 Å². The van der Waals surface area contributed by atoms with E-state index in [2.05, 4.69) is 15.9 Å². The Labute approximate surface area is 207 Å². The van der Waals surface area contributed by atoms with E-state index >= 15 is 0 Å². The molecule has 0 N–H and O–H groups in total. The number of amides is 2. The molecule has 2 aliphatic heterocycles. The Morgan fingerprint density at radius 2 is 1.38 bits per heavy atom. The number of hydrogen-bond donors (Lipinski definition) is 0. The highest BCUT2D eigenvalue weighted by Gasteiger charge is 2.74. The van der Waals surface area contributed by atoms with Crippen molar-refractivity contribution >= 4 is 56.6 Å². The summed E-state index contributed by atoms with van der Waals surface area (Å²) < 4.78 is 6.79. The lowest BCUT2D eigenvalue weighted by Crippen LogP contribution is -2.51. The van der Waals surface area contributed by atoms with Gasteiger partial charge in [0.1, 0.15) is 0 Å². The van der Waals surface area contributed by atoms with E-state index in [0.717, 1.165) is 4.90 Å². The van der Waals surface area contributed by atoms with Gasteiger partial charge in [-0.05, 0) is 45.8 Å². The third-order valence-electron chi connectivity index (χ3n) is 6.81. The molecule has 2 saturated heterocycles. The summed E-state index contributed by atoms with van der Waals surface area (Å²) in [4.78, 5) is 56.1. The number of rotatable bonds is 2. The van der Waals surface area contributed by atoms with Gasteiger partial charge in [-0.3, -0.25) is 19.2 Å². The number of ether oxygens (including phenoxy) is 1. The second-order valence-corrected chi connectivity index (χ2v) is 9.79. The molecule has 168 valence electrons. The Balaban J connectivity index is 1.56. The molecule has 1 spiro atoms. The van der Waals surface area contributed by atoms with Crippen LogP contribution in [0.1, 0.15) is 32.4 Å². The van der Waals surface area contributed by atoms with Crippen LogP contribution in [-0.4, -0.2) is 29.0 Å². The molecule has 0 bridgehead atoms. The molecule has 2 amide bonds. The fraction of sp³-hybridized carbons (Fsp3) is 0.154. The SMILES string of the molecule is O=C1[C@H]2[C@H](c3ccc(Cl)cc3)OC3(C(=O)c4ccccc4C3=O)[C@H]2C(=O)N1c1ccccc1Br. The zero-order chi connectivity index (χ0) is 23.8. The van der Waals surface area contributed by atoms with Gasteiger partial charge in [0.2, 0.25) is 29.0 Å². The van der Waals surface area contributed by atoms with Crippen molar-refractivity contribution in [3.05, 3.63) is 99.0 Å². The summed E-state index contributed by atoms with van der Waals surface area (Å²) >= 11 is 9.45. The molecule has 6 rings (SSSR count). The van der Waals surface area contributed by atoms with Crippen LogP contribution in [0, 0.1) is 11.8 Å². The minimum atomic E-state index is -2.10. The Morgan fingerprint density at radius 1 is 0.794 bits per heavy atom. The minimum absolute atomic E-state index is 0.197. The predicted molar refractivity (Wildman–Crippen MR) is 127 cm³/mol. The number of carbonyl (C=O) groups excluding carboxylic acids is 4. The van der Waals surface area contributed by atoms with Gasteiger partial charge >= 0.3 is 0 Å². The van der Waals surface area contributed by atoms with Crippen molar-refractivity contribution in [1.82, 2.24) is 0 Å². The van der Waals surface area contributed by atoms with Crippen LogP contribution in [0.4, 0.5) is 5.69 Å². The lowest BCUT2D eigenvalue weighted by molar-refractivity contribution is -0.127. The maximum Gasteiger partial charge on any atom is 0.241 e. The molecule has 2 heterocycles. The molecule has 0 saturated carbocycles. The first-order valence-electron chi connectivity index (χ1n) is 10.6. The summed E-state index contributed by atoms with van der Waals surface area (Å²) in [6.45, 7) is 0. The van der Waals surface area contributed by atoms with Gasteiger partial charge in [0.25, 0.3) is 0 Å². The molecule has 2 fully saturated rings. The van der Waals surface area contributed by atoms with E-state index in [-0.39, 0.29) is 11.1 Å². The standard InChI is InChI=1S/C26H15BrClNO5/c27-17-7-3-4-8-18(17)29-24(32)19-20(25(29)33)26(34-21(19)13-9-11-14(28)12-10-13)22(30)15-5-1-2-6-16(15)23(26)31/h1-12,19-21H/t19-,20-,21+/m1/s1. The number of Topliss-reactive ketones (excluding diaryl/α,β-unsaturated/α-hetero) is 2. The molecule has 3 atom stereocenters. The number of imide groups is 1. The van der Waals surface area contributed by atoms with Crippen LogP contribution in [-0.2, 0) is 14.3 Å². The van der Waals surface area contributed by atoms with Crippen LogP contribution in [0.2, 0.25) is 5.02 Å². The number of anilines is 1. The van der Waals surface area contributed by atoms with E-state index < -0.39 is 46.9 Å². The lowest BCUT2D eigenvalue weighted by atomic mass is 9.77. The van der Waals surface area contributed by atoms with Crippen LogP contribution in [0.15, 0.2) is 77.3 Å². The predicted octanol–water partition coefficient (Wildman–Crippen LogP) is 4.80. The monoisotopic (exact) mass is 535 g/mol. The van der Waals surface area contributed by atoms with Crippen LogP contribution >= 0.6 is 27.5 Å². The average Bonchev–Trinajstić information content (AvgIpc) is 3.40. The molecule has 3 aromatic rings. The molecule has 0 unspecified atom stereocenters. The Morgan fingerprint density at radius 3 is 2.00 bits per heavy atom. The van der Waals surface area contributed by atoms with Crippen molar-refractivity contribution in [2.45, 2.75) is 11.7 Å². The third kappa shape index (κ3) is 2.66. The molecule has 6 nitrogen and oxygen atoms in total. The fourth-order valence-corrected chi connectivity index (χ4v) is 5.93. The maximum absolute atomic E-state index is 13.9. The molecule has 0 radical (unpaired) electrons. The van der Waals surface area contributed by atoms with Crippen molar-refractivity contribution < 1.29 is 23.9 Å². The zero-order valence-corrected chi connectivity index (χ0v) is 19.7. The van der Waals surface area contributed by atoms with E-state index in [4.69, 9.17) is 16.3 Å². The van der Waals surface area contributed by atoms with Crippen molar-refractivity contribution in [3.63, 3.8) is 0 Å². The summed E-state index contributed by atoms with van der Waals surface area (Å²) in [6.07, 6.45) is -0.978. The summed E-state index contributed by atoms with van der Waals surface area (Å²) in [5, 5.41) is 0.483. The van der Waals surface area contributed by atoms with Crippen LogP contribution < -0.4 is 4.90 Å². The summed E-state index contributed by atoms with van der Waals surface area (Å²) in [5.74, 6) is -4.67. The number of carbonyl (C=O) groups is 4. The van der Waals surface area contributed by atoms with Gasteiger partial charge in [-0.1, -0.05) is 60.1 Å². The Hall–Kier alpha value is -3.13. The molecule has 34 heavy (non-hydrogen) atoms. The fourth-order valence-electron chi connectivity index (χ4n) is 5.34.